The fourth-order valence-corrected chi connectivity index (χ4v) is 1.89. The smallest absolute Gasteiger partial charge is 0.238 e. The Morgan fingerprint density at radius 2 is 1.81 bits per heavy atom. The van der Waals surface area contributed by atoms with Crippen LogP contribution in [0.5, 0.6) is 0 Å². The minimum absolute atomic E-state index is 0.0784. The van der Waals surface area contributed by atoms with Crippen LogP contribution in [0.4, 0.5) is 14.5 Å². The van der Waals surface area contributed by atoms with Crippen LogP contribution in [0, 0.1) is 11.6 Å². The summed E-state index contributed by atoms with van der Waals surface area (Å²) in [5.41, 5.74) is 1.30. The van der Waals surface area contributed by atoms with E-state index in [9.17, 15) is 13.6 Å². The van der Waals surface area contributed by atoms with Crippen molar-refractivity contribution in [3.8, 4) is 0 Å². The van der Waals surface area contributed by atoms with Gasteiger partial charge in [-0.2, -0.15) is 0 Å². The van der Waals surface area contributed by atoms with E-state index < -0.39 is 5.82 Å². The molecule has 0 aliphatic heterocycles. The Morgan fingerprint density at radius 3 is 2.48 bits per heavy atom. The van der Waals surface area contributed by atoms with E-state index in [0.29, 0.717) is 5.69 Å². The van der Waals surface area contributed by atoms with E-state index in [1.807, 2.05) is 6.92 Å². The van der Waals surface area contributed by atoms with Gasteiger partial charge in [-0.3, -0.25) is 4.79 Å². The summed E-state index contributed by atoms with van der Waals surface area (Å²) in [6, 6.07) is 11.7. The van der Waals surface area contributed by atoms with Crippen LogP contribution >= 0.6 is 0 Å². The summed E-state index contributed by atoms with van der Waals surface area (Å²) in [6.07, 6.45) is 0. The lowest BCUT2D eigenvalue weighted by Gasteiger charge is -2.14. The number of anilines is 1. The first-order valence-electron chi connectivity index (χ1n) is 6.59. The van der Waals surface area contributed by atoms with Gasteiger partial charge in [-0.25, -0.2) is 8.78 Å². The van der Waals surface area contributed by atoms with Crippen molar-refractivity contribution in [3.05, 3.63) is 65.7 Å². The van der Waals surface area contributed by atoms with Gasteiger partial charge in [0, 0.05) is 11.7 Å². The fourth-order valence-electron chi connectivity index (χ4n) is 1.89. The number of rotatable bonds is 5. The number of hydrogen-bond acceptors (Lipinski definition) is 2. The standard InChI is InChI=1S/C16H16F2N2O/c1-11(12-5-7-13(17)8-6-12)19-10-16(21)20-15-4-2-3-14(18)9-15/h2-9,11,19H,10H2,1H3,(H,20,21)/t11-/m0/s1. The first-order valence-corrected chi connectivity index (χ1v) is 6.59. The molecule has 1 amide bonds. The average Bonchev–Trinajstić information content (AvgIpc) is 2.45. The molecule has 2 aromatic carbocycles. The maximum absolute atomic E-state index is 13.0. The monoisotopic (exact) mass is 290 g/mol. The van der Waals surface area contributed by atoms with Crippen LogP contribution in [-0.2, 0) is 4.79 Å². The molecule has 1 atom stereocenters. The second-order valence-corrected chi connectivity index (χ2v) is 4.71. The fraction of sp³-hybridized carbons (Fsp3) is 0.188. The molecule has 110 valence electrons. The second kappa shape index (κ2) is 6.95. The molecule has 0 saturated heterocycles. The van der Waals surface area contributed by atoms with E-state index in [1.165, 1.54) is 30.3 Å². The molecule has 2 aromatic rings. The number of carbonyl (C=O) groups excluding carboxylic acids is 1. The Bertz CT molecular complexity index is 614. The first-order chi connectivity index (χ1) is 10.0. The molecule has 0 radical (unpaired) electrons. The van der Waals surface area contributed by atoms with Crippen LogP contribution in [-0.4, -0.2) is 12.5 Å². The maximum Gasteiger partial charge on any atom is 0.238 e. The molecular formula is C16H16F2N2O. The van der Waals surface area contributed by atoms with Gasteiger partial charge >= 0.3 is 0 Å². The summed E-state index contributed by atoms with van der Waals surface area (Å²) in [4.78, 5) is 11.8. The van der Waals surface area contributed by atoms with Gasteiger partial charge in [0.05, 0.1) is 6.54 Å². The number of hydrogen-bond donors (Lipinski definition) is 2. The number of carbonyl (C=O) groups is 1. The molecule has 0 fully saturated rings. The highest BCUT2D eigenvalue weighted by molar-refractivity contribution is 5.92. The molecule has 0 aliphatic carbocycles. The lowest BCUT2D eigenvalue weighted by atomic mass is 10.1. The Morgan fingerprint density at radius 1 is 1.10 bits per heavy atom. The largest absolute Gasteiger partial charge is 0.325 e. The third-order valence-corrected chi connectivity index (χ3v) is 3.05. The van der Waals surface area contributed by atoms with Gasteiger partial charge in [0.25, 0.3) is 0 Å². The lowest BCUT2D eigenvalue weighted by Crippen LogP contribution is -2.30. The minimum Gasteiger partial charge on any atom is -0.325 e. The third kappa shape index (κ3) is 4.65. The number of halogens is 2. The molecule has 2 N–H and O–H groups in total. The molecule has 0 heterocycles. The zero-order valence-corrected chi connectivity index (χ0v) is 11.6. The van der Waals surface area contributed by atoms with Crippen LogP contribution in [0.25, 0.3) is 0 Å². The van der Waals surface area contributed by atoms with Crippen molar-refractivity contribution in [2.24, 2.45) is 0 Å². The van der Waals surface area contributed by atoms with Gasteiger partial charge in [0.15, 0.2) is 0 Å². The highest BCUT2D eigenvalue weighted by atomic mass is 19.1. The highest BCUT2D eigenvalue weighted by Gasteiger charge is 2.08. The van der Waals surface area contributed by atoms with Gasteiger partial charge in [-0.05, 0) is 42.8 Å². The molecule has 0 aliphatic rings. The number of nitrogens with one attached hydrogen (secondary N) is 2. The molecule has 0 spiro atoms. The topological polar surface area (TPSA) is 41.1 Å². The zero-order chi connectivity index (χ0) is 15.2. The van der Waals surface area contributed by atoms with Crippen molar-refractivity contribution in [2.45, 2.75) is 13.0 Å². The summed E-state index contributed by atoms with van der Waals surface area (Å²) in [5.74, 6) is -0.968. The van der Waals surface area contributed by atoms with Crippen LogP contribution in [0.1, 0.15) is 18.5 Å². The van der Waals surface area contributed by atoms with Gasteiger partial charge in [0.1, 0.15) is 11.6 Å². The van der Waals surface area contributed by atoms with Gasteiger partial charge in [0.2, 0.25) is 5.91 Å². The van der Waals surface area contributed by atoms with Crippen LogP contribution in [0.2, 0.25) is 0 Å². The predicted octanol–water partition coefficient (Wildman–Crippen LogP) is 3.25. The quantitative estimate of drug-likeness (QED) is 0.887. The number of amides is 1. The second-order valence-electron chi connectivity index (χ2n) is 4.71. The van der Waals surface area contributed by atoms with Crippen molar-refractivity contribution >= 4 is 11.6 Å². The van der Waals surface area contributed by atoms with Crippen LogP contribution in [0.3, 0.4) is 0 Å². The maximum atomic E-state index is 13.0. The van der Waals surface area contributed by atoms with Crippen LogP contribution < -0.4 is 10.6 Å². The predicted molar refractivity (Wildman–Crippen MR) is 77.8 cm³/mol. The Kier molecular flexibility index (Phi) is 5.00. The molecule has 0 unspecified atom stereocenters. The summed E-state index contributed by atoms with van der Waals surface area (Å²) in [7, 11) is 0. The molecule has 0 aromatic heterocycles. The highest BCUT2D eigenvalue weighted by Crippen LogP contribution is 2.13. The van der Waals surface area contributed by atoms with E-state index in [4.69, 9.17) is 0 Å². The third-order valence-electron chi connectivity index (χ3n) is 3.05. The van der Waals surface area contributed by atoms with Gasteiger partial charge in [-0.15, -0.1) is 0 Å². The Hall–Kier alpha value is -2.27. The van der Waals surface area contributed by atoms with E-state index in [2.05, 4.69) is 10.6 Å². The summed E-state index contributed by atoms with van der Waals surface area (Å²) < 4.78 is 25.8. The summed E-state index contributed by atoms with van der Waals surface area (Å²) >= 11 is 0. The summed E-state index contributed by atoms with van der Waals surface area (Å²) in [5, 5.41) is 5.62. The van der Waals surface area contributed by atoms with Gasteiger partial charge in [-0.1, -0.05) is 18.2 Å². The van der Waals surface area contributed by atoms with Crippen molar-refractivity contribution in [1.82, 2.24) is 5.32 Å². The van der Waals surface area contributed by atoms with Crippen molar-refractivity contribution < 1.29 is 13.6 Å². The van der Waals surface area contributed by atoms with Crippen molar-refractivity contribution in [3.63, 3.8) is 0 Å². The minimum atomic E-state index is -0.402. The molecule has 21 heavy (non-hydrogen) atoms. The van der Waals surface area contributed by atoms with Crippen LogP contribution in [0.15, 0.2) is 48.5 Å². The zero-order valence-electron chi connectivity index (χ0n) is 11.6. The SMILES string of the molecule is C[C@H](NCC(=O)Nc1cccc(F)c1)c1ccc(F)cc1. The molecule has 5 heteroatoms. The van der Waals surface area contributed by atoms with Crippen molar-refractivity contribution in [1.29, 1.82) is 0 Å². The number of benzene rings is 2. The summed E-state index contributed by atoms with van der Waals surface area (Å²) in [6.45, 7) is 1.96. The molecule has 3 nitrogen and oxygen atoms in total. The Balaban J connectivity index is 1.84. The van der Waals surface area contributed by atoms with E-state index in [0.717, 1.165) is 5.56 Å². The van der Waals surface area contributed by atoms with E-state index in [-0.39, 0.29) is 24.3 Å². The molecule has 0 saturated carbocycles. The van der Waals surface area contributed by atoms with Gasteiger partial charge < -0.3 is 10.6 Å². The Labute approximate surface area is 122 Å². The van der Waals surface area contributed by atoms with E-state index in [1.54, 1.807) is 18.2 Å². The van der Waals surface area contributed by atoms with E-state index >= 15 is 0 Å². The average molecular weight is 290 g/mol. The molecule has 0 bridgehead atoms. The lowest BCUT2D eigenvalue weighted by molar-refractivity contribution is -0.115. The normalized spacial score (nSPS) is 12.0. The van der Waals surface area contributed by atoms with Crippen molar-refractivity contribution in [2.75, 3.05) is 11.9 Å². The first kappa shape index (κ1) is 15.1. The molecule has 2 rings (SSSR count). The molecular weight excluding hydrogens is 274 g/mol.